The first-order valence-electron chi connectivity index (χ1n) is 7.83. The first-order valence-corrected chi connectivity index (χ1v) is 8.82. The van der Waals surface area contributed by atoms with E-state index >= 15 is 0 Å². The molecular formula is C16H20N4O2S. The molecular weight excluding hydrogens is 312 g/mol. The van der Waals surface area contributed by atoms with Gasteiger partial charge in [0, 0.05) is 5.69 Å². The SMILES string of the molecule is CCc1ccccc1NC(=O)CSc1nnc([C@@H]2CCCN2)o1. The van der Waals surface area contributed by atoms with Crippen LogP contribution in [0, 0.1) is 0 Å². The van der Waals surface area contributed by atoms with Gasteiger partial charge in [-0.05, 0) is 37.4 Å². The van der Waals surface area contributed by atoms with Crippen molar-refractivity contribution in [2.24, 2.45) is 0 Å². The number of carbonyl (C=O) groups is 1. The number of nitrogens with zero attached hydrogens (tertiary/aromatic N) is 2. The molecule has 7 heteroatoms. The van der Waals surface area contributed by atoms with Gasteiger partial charge in [-0.1, -0.05) is 36.9 Å². The van der Waals surface area contributed by atoms with E-state index in [2.05, 4.69) is 27.8 Å². The van der Waals surface area contributed by atoms with Gasteiger partial charge < -0.3 is 15.1 Å². The number of benzene rings is 1. The third-order valence-corrected chi connectivity index (χ3v) is 4.60. The van der Waals surface area contributed by atoms with Crippen LogP contribution in [-0.4, -0.2) is 28.4 Å². The fraction of sp³-hybridized carbons (Fsp3) is 0.438. The summed E-state index contributed by atoms with van der Waals surface area (Å²) >= 11 is 1.26. The van der Waals surface area contributed by atoms with E-state index in [4.69, 9.17) is 4.42 Å². The van der Waals surface area contributed by atoms with E-state index in [0.29, 0.717) is 11.1 Å². The second-order valence-electron chi connectivity index (χ2n) is 5.40. The minimum atomic E-state index is -0.0744. The number of nitrogens with one attached hydrogen (secondary N) is 2. The lowest BCUT2D eigenvalue weighted by atomic mass is 10.1. The molecule has 0 bridgehead atoms. The van der Waals surface area contributed by atoms with E-state index in [9.17, 15) is 4.79 Å². The molecule has 1 aliphatic rings. The van der Waals surface area contributed by atoms with Crippen LogP contribution in [0.4, 0.5) is 5.69 Å². The number of aryl methyl sites for hydroxylation is 1. The van der Waals surface area contributed by atoms with Gasteiger partial charge in [-0.15, -0.1) is 10.2 Å². The Hall–Kier alpha value is -1.86. The number of anilines is 1. The van der Waals surface area contributed by atoms with Crippen molar-refractivity contribution in [3.05, 3.63) is 35.7 Å². The van der Waals surface area contributed by atoms with Crippen LogP contribution in [0.5, 0.6) is 0 Å². The third-order valence-electron chi connectivity index (χ3n) is 3.78. The number of hydrogen-bond donors (Lipinski definition) is 2. The minimum Gasteiger partial charge on any atom is -0.414 e. The first kappa shape index (κ1) is 16.0. The molecule has 122 valence electrons. The zero-order chi connectivity index (χ0) is 16.1. The number of aromatic nitrogens is 2. The highest BCUT2D eigenvalue weighted by molar-refractivity contribution is 7.99. The highest BCUT2D eigenvalue weighted by Gasteiger charge is 2.22. The second kappa shape index (κ2) is 7.61. The lowest BCUT2D eigenvalue weighted by Crippen LogP contribution is -2.15. The molecule has 2 heterocycles. The Balaban J connectivity index is 1.52. The van der Waals surface area contributed by atoms with Gasteiger partial charge >= 0.3 is 0 Å². The van der Waals surface area contributed by atoms with Gasteiger partial charge in [0.15, 0.2) is 0 Å². The molecule has 2 N–H and O–H groups in total. The van der Waals surface area contributed by atoms with Crippen LogP contribution in [0.3, 0.4) is 0 Å². The average Bonchev–Trinajstić information content (AvgIpc) is 3.24. The van der Waals surface area contributed by atoms with Gasteiger partial charge in [0.1, 0.15) is 0 Å². The van der Waals surface area contributed by atoms with Crippen LogP contribution < -0.4 is 10.6 Å². The van der Waals surface area contributed by atoms with Gasteiger partial charge in [-0.3, -0.25) is 4.79 Å². The Labute approximate surface area is 139 Å². The third kappa shape index (κ3) is 4.11. The predicted molar refractivity (Wildman–Crippen MR) is 89.4 cm³/mol. The van der Waals surface area contributed by atoms with Gasteiger partial charge in [0.2, 0.25) is 11.8 Å². The molecule has 2 aromatic rings. The van der Waals surface area contributed by atoms with Crippen molar-refractivity contribution in [1.82, 2.24) is 15.5 Å². The van der Waals surface area contributed by atoms with Crippen molar-refractivity contribution in [1.29, 1.82) is 0 Å². The van der Waals surface area contributed by atoms with Crippen molar-refractivity contribution in [2.75, 3.05) is 17.6 Å². The van der Waals surface area contributed by atoms with E-state index < -0.39 is 0 Å². The summed E-state index contributed by atoms with van der Waals surface area (Å²) in [7, 11) is 0. The van der Waals surface area contributed by atoms with Crippen LogP contribution >= 0.6 is 11.8 Å². The van der Waals surface area contributed by atoms with E-state index in [1.165, 1.54) is 11.8 Å². The Morgan fingerprint density at radius 2 is 2.30 bits per heavy atom. The van der Waals surface area contributed by atoms with E-state index in [1.54, 1.807) is 0 Å². The number of carbonyl (C=O) groups excluding carboxylic acids is 1. The van der Waals surface area contributed by atoms with E-state index in [0.717, 1.165) is 37.1 Å². The molecule has 3 rings (SSSR count). The zero-order valence-corrected chi connectivity index (χ0v) is 13.9. The minimum absolute atomic E-state index is 0.0744. The molecule has 1 saturated heterocycles. The standard InChI is InChI=1S/C16H20N4O2S/c1-2-11-6-3-4-7-12(11)18-14(21)10-23-16-20-19-15(22-16)13-8-5-9-17-13/h3-4,6-7,13,17H,2,5,8-10H2,1H3,(H,18,21)/t13-/m0/s1. The van der Waals surface area contributed by atoms with Crippen LogP contribution in [0.25, 0.3) is 0 Å². The summed E-state index contributed by atoms with van der Waals surface area (Å²) < 4.78 is 5.61. The maximum absolute atomic E-state index is 12.1. The van der Waals surface area contributed by atoms with E-state index in [-0.39, 0.29) is 17.7 Å². The summed E-state index contributed by atoms with van der Waals surface area (Å²) in [4.78, 5) is 12.1. The normalized spacial score (nSPS) is 17.3. The summed E-state index contributed by atoms with van der Waals surface area (Å²) in [5, 5.41) is 14.7. The number of para-hydroxylation sites is 1. The van der Waals surface area contributed by atoms with Crippen molar-refractivity contribution >= 4 is 23.4 Å². The molecule has 23 heavy (non-hydrogen) atoms. The number of amides is 1. The molecule has 0 aliphatic carbocycles. The molecule has 1 fully saturated rings. The van der Waals surface area contributed by atoms with Crippen molar-refractivity contribution in [3.63, 3.8) is 0 Å². The van der Waals surface area contributed by atoms with Crippen LogP contribution in [0.1, 0.15) is 37.3 Å². The van der Waals surface area contributed by atoms with Gasteiger partial charge in [0.25, 0.3) is 5.22 Å². The van der Waals surface area contributed by atoms with Crippen molar-refractivity contribution < 1.29 is 9.21 Å². The van der Waals surface area contributed by atoms with Crippen LogP contribution in [0.15, 0.2) is 33.9 Å². The maximum Gasteiger partial charge on any atom is 0.277 e. The predicted octanol–water partition coefficient (Wildman–Crippen LogP) is 2.79. The number of rotatable bonds is 6. The Morgan fingerprint density at radius 1 is 1.43 bits per heavy atom. The lowest BCUT2D eigenvalue weighted by molar-refractivity contribution is -0.113. The summed E-state index contributed by atoms with van der Waals surface area (Å²) in [6, 6.07) is 7.97. The van der Waals surface area contributed by atoms with Gasteiger partial charge in [-0.25, -0.2) is 0 Å². The summed E-state index contributed by atoms with van der Waals surface area (Å²) in [5.74, 6) is 0.786. The zero-order valence-electron chi connectivity index (χ0n) is 13.0. The fourth-order valence-corrected chi connectivity index (χ4v) is 3.15. The van der Waals surface area contributed by atoms with Crippen LogP contribution in [-0.2, 0) is 11.2 Å². The van der Waals surface area contributed by atoms with Gasteiger partial charge in [-0.2, -0.15) is 0 Å². The molecule has 0 radical (unpaired) electrons. The molecule has 6 nitrogen and oxygen atoms in total. The Bertz CT molecular complexity index is 668. The molecule has 0 unspecified atom stereocenters. The van der Waals surface area contributed by atoms with Crippen LogP contribution in [0.2, 0.25) is 0 Å². The summed E-state index contributed by atoms with van der Waals surface area (Å²) in [5.41, 5.74) is 1.99. The van der Waals surface area contributed by atoms with E-state index in [1.807, 2.05) is 24.3 Å². The molecule has 1 aromatic carbocycles. The Morgan fingerprint density at radius 3 is 3.09 bits per heavy atom. The summed E-state index contributed by atoms with van der Waals surface area (Å²) in [6.07, 6.45) is 3.01. The second-order valence-corrected chi connectivity index (χ2v) is 6.33. The monoisotopic (exact) mass is 332 g/mol. The highest BCUT2D eigenvalue weighted by Crippen LogP contribution is 2.25. The first-order chi connectivity index (χ1) is 11.3. The molecule has 1 amide bonds. The number of hydrogen-bond acceptors (Lipinski definition) is 6. The molecule has 1 aromatic heterocycles. The molecule has 1 aliphatic heterocycles. The summed E-state index contributed by atoms with van der Waals surface area (Å²) in [6.45, 7) is 3.05. The van der Waals surface area contributed by atoms with Crippen molar-refractivity contribution in [2.45, 2.75) is 37.5 Å². The quantitative estimate of drug-likeness (QED) is 0.792. The largest absolute Gasteiger partial charge is 0.414 e. The number of thioether (sulfide) groups is 1. The smallest absolute Gasteiger partial charge is 0.277 e. The maximum atomic E-state index is 12.1. The highest BCUT2D eigenvalue weighted by atomic mass is 32.2. The Kier molecular flexibility index (Phi) is 5.30. The average molecular weight is 332 g/mol. The molecule has 0 spiro atoms. The van der Waals surface area contributed by atoms with Crippen molar-refractivity contribution in [3.8, 4) is 0 Å². The fourth-order valence-electron chi connectivity index (χ4n) is 2.58. The topological polar surface area (TPSA) is 80.0 Å². The van der Waals surface area contributed by atoms with Gasteiger partial charge in [0.05, 0.1) is 11.8 Å². The molecule has 0 saturated carbocycles. The lowest BCUT2D eigenvalue weighted by Gasteiger charge is -2.08. The molecule has 1 atom stereocenters.